The molecule has 1 saturated heterocycles. The molecule has 4 rings (SSSR count). The first kappa shape index (κ1) is 23.4. The Morgan fingerprint density at radius 3 is 2.19 bits per heavy atom. The minimum atomic E-state index is -6.09. The number of rotatable bonds is 4. The van der Waals surface area contributed by atoms with Gasteiger partial charge < -0.3 is 9.29 Å². The fraction of sp³-hybridized carbons (Fsp3) is 0.273. The summed E-state index contributed by atoms with van der Waals surface area (Å²) in [7, 11) is -5.64. The zero-order valence-electron chi connectivity index (χ0n) is 16.5. The Bertz CT molecular complexity index is 1110. The lowest BCUT2D eigenvalue weighted by Crippen LogP contribution is -2.21. The molecule has 1 aliphatic rings. The van der Waals surface area contributed by atoms with Crippen molar-refractivity contribution in [2.45, 2.75) is 29.9 Å². The smallest absolute Gasteiger partial charge is 0.485 e. The van der Waals surface area contributed by atoms with Gasteiger partial charge in [-0.25, -0.2) is 8.42 Å². The van der Waals surface area contributed by atoms with Crippen LogP contribution in [0.2, 0.25) is 0 Å². The standard InChI is InChI=1S/C21H21OS.CHF3O3S/c1-2-7-17(8-3-1)16-22-19-11-12-20-18(15-19)9-6-10-21(20)23-13-4-5-14-23;2-1(3,4)8(5,6)7/h1-3,6-12,15H,4-5,13-14,16H2;(H,5,6,7)/q+1;/p-1. The zero-order chi connectivity index (χ0) is 22.5. The molecule has 166 valence electrons. The van der Waals surface area contributed by atoms with Crippen molar-refractivity contribution in [3.05, 3.63) is 72.3 Å². The Morgan fingerprint density at radius 1 is 0.935 bits per heavy atom. The van der Waals surface area contributed by atoms with Gasteiger partial charge in [-0.2, -0.15) is 13.2 Å². The molecular formula is C22H21F3O4S2. The SMILES string of the molecule is O=S(=O)([O-])C(F)(F)F.c1ccc(COc2ccc3c([S+]4CCCC4)cccc3c2)cc1. The highest BCUT2D eigenvalue weighted by Crippen LogP contribution is 2.31. The maximum atomic E-state index is 10.7. The summed E-state index contributed by atoms with van der Waals surface area (Å²) in [6, 6.07) is 23.6. The predicted molar refractivity (Wildman–Crippen MR) is 115 cm³/mol. The summed E-state index contributed by atoms with van der Waals surface area (Å²) in [5, 5.41) is 2.71. The van der Waals surface area contributed by atoms with Gasteiger partial charge in [-0.3, -0.25) is 0 Å². The summed E-state index contributed by atoms with van der Waals surface area (Å²) >= 11 is 0. The number of hydrogen-bond donors (Lipinski definition) is 0. The number of fused-ring (bicyclic) bond motifs is 1. The van der Waals surface area contributed by atoms with Crippen LogP contribution in [0.4, 0.5) is 13.2 Å². The van der Waals surface area contributed by atoms with E-state index in [0.717, 1.165) is 5.75 Å². The highest BCUT2D eigenvalue weighted by molar-refractivity contribution is 7.97. The number of hydrogen-bond acceptors (Lipinski definition) is 4. The molecule has 3 aromatic rings. The Hall–Kier alpha value is -2.23. The van der Waals surface area contributed by atoms with Gasteiger partial charge in [0.15, 0.2) is 15.0 Å². The summed E-state index contributed by atoms with van der Waals surface area (Å²) in [6.45, 7) is 0.621. The predicted octanol–water partition coefficient (Wildman–Crippen LogP) is 5.24. The second-order valence-corrected chi connectivity index (χ2v) is 10.5. The molecular weight excluding hydrogens is 449 g/mol. The van der Waals surface area contributed by atoms with Gasteiger partial charge in [0.25, 0.3) is 0 Å². The van der Waals surface area contributed by atoms with E-state index in [1.54, 1.807) is 4.90 Å². The highest BCUT2D eigenvalue weighted by atomic mass is 32.2. The van der Waals surface area contributed by atoms with E-state index >= 15 is 0 Å². The summed E-state index contributed by atoms with van der Waals surface area (Å²) in [6.07, 6.45) is 2.77. The molecule has 1 aliphatic heterocycles. The first-order valence-corrected chi connectivity index (χ1v) is 12.5. The van der Waals surface area contributed by atoms with Crippen molar-refractivity contribution >= 4 is 31.8 Å². The van der Waals surface area contributed by atoms with E-state index in [4.69, 9.17) is 17.7 Å². The molecule has 0 unspecified atom stereocenters. The molecule has 0 aromatic heterocycles. The van der Waals surface area contributed by atoms with Gasteiger partial charge in [0.2, 0.25) is 0 Å². The van der Waals surface area contributed by atoms with Crippen LogP contribution >= 0.6 is 0 Å². The molecule has 31 heavy (non-hydrogen) atoms. The maximum Gasteiger partial charge on any atom is 0.485 e. The quantitative estimate of drug-likeness (QED) is 0.297. The molecule has 1 heterocycles. The Labute approximate surface area is 182 Å². The van der Waals surface area contributed by atoms with Crippen LogP contribution in [-0.2, 0) is 27.6 Å². The number of alkyl halides is 3. The first-order chi connectivity index (χ1) is 14.6. The van der Waals surface area contributed by atoms with Crippen molar-refractivity contribution in [2.24, 2.45) is 0 Å². The lowest BCUT2D eigenvalue weighted by atomic mass is 10.1. The van der Waals surface area contributed by atoms with Crippen LogP contribution in [0.3, 0.4) is 0 Å². The molecule has 0 atom stereocenters. The van der Waals surface area contributed by atoms with Crippen molar-refractivity contribution in [2.75, 3.05) is 11.5 Å². The Morgan fingerprint density at radius 2 is 1.58 bits per heavy atom. The minimum Gasteiger partial charge on any atom is -0.741 e. The summed E-state index contributed by atoms with van der Waals surface area (Å²) in [5.41, 5.74) is -4.44. The average Bonchev–Trinajstić information content (AvgIpc) is 3.26. The van der Waals surface area contributed by atoms with Crippen LogP contribution in [0.25, 0.3) is 10.8 Å². The number of halogens is 3. The molecule has 9 heteroatoms. The average molecular weight is 471 g/mol. The third kappa shape index (κ3) is 6.38. The van der Waals surface area contributed by atoms with Crippen molar-refractivity contribution in [3.63, 3.8) is 0 Å². The van der Waals surface area contributed by atoms with Gasteiger partial charge in [0, 0.05) is 16.3 Å². The summed E-state index contributed by atoms with van der Waals surface area (Å²) < 4.78 is 64.9. The van der Waals surface area contributed by atoms with E-state index in [-0.39, 0.29) is 0 Å². The van der Waals surface area contributed by atoms with Crippen LogP contribution in [0.15, 0.2) is 71.6 Å². The molecule has 0 bridgehead atoms. The molecule has 0 spiro atoms. The molecule has 0 N–H and O–H groups in total. The summed E-state index contributed by atoms with van der Waals surface area (Å²) in [4.78, 5) is 1.55. The van der Waals surface area contributed by atoms with Crippen LogP contribution in [0.1, 0.15) is 18.4 Å². The zero-order valence-corrected chi connectivity index (χ0v) is 18.1. The van der Waals surface area contributed by atoms with E-state index in [2.05, 4.69) is 48.5 Å². The molecule has 4 nitrogen and oxygen atoms in total. The van der Waals surface area contributed by atoms with Crippen LogP contribution in [-0.4, -0.2) is 30.0 Å². The van der Waals surface area contributed by atoms with Crippen LogP contribution in [0, 0.1) is 0 Å². The van der Waals surface area contributed by atoms with Gasteiger partial charge >= 0.3 is 5.51 Å². The normalized spacial score (nSPS) is 14.8. The fourth-order valence-corrected chi connectivity index (χ4v) is 5.71. The Balaban J connectivity index is 0.000000293. The third-order valence-corrected chi connectivity index (χ3v) is 7.79. The highest BCUT2D eigenvalue weighted by Gasteiger charge is 2.37. The minimum absolute atomic E-state index is 0.454. The lowest BCUT2D eigenvalue weighted by molar-refractivity contribution is -0.0517. The molecule has 1 fully saturated rings. The van der Waals surface area contributed by atoms with E-state index in [9.17, 15) is 13.2 Å². The van der Waals surface area contributed by atoms with E-state index < -0.39 is 15.6 Å². The van der Waals surface area contributed by atoms with Gasteiger partial charge in [-0.15, -0.1) is 0 Å². The molecule has 0 radical (unpaired) electrons. The largest absolute Gasteiger partial charge is 0.741 e. The van der Waals surface area contributed by atoms with E-state index in [1.165, 1.54) is 40.7 Å². The van der Waals surface area contributed by atoms with Gasteiger partial charge in [-0.1, -0.05) is 42.5 Å². The second-order valence-electron chi connectivity index (χ2n) is 6.92. The Kier molecular flexibility index (Phi) is 7.51. The van der Waals surface area contributed by atoms with Gasteiger partial charge in [-0.05, 0) is 48.1 Å². The van der Waals surface area contributed by atoms with Crippen molar-refractivity contribution in [3.8, 4) is 5.75 Å². The topological polar surface area (TPSA) is 66.4 Å². The van der Waals surface area contributed by atoms with E-state index in [0.29, 0.717) is 17.5 Å². The monoisotopic (exact) mass is 470 g/mol. The first-order valence-electron chi connectivity index (χ1n) is 9.54. The maximum absolute atomic E-state index is 10.7. The lowest BCUT2D eigenvalue weighted by Gasteiger charge is -2.09. The molecule has 0 amide bonds. The fourth-order valence-electron chi connectivity index (χ4n) is 3.19. The van der Waals surface area contributed by atoms with Crippen LogP contribution < -0.4 is 4.74 Å². The van der Waals surface area contributed by atoms with Gasteiger partial charge in [0.1, 0.15) is 23.9 Å². The molecule has 0 aliphatic carbocycles. The number of ether oxygens (including phenoxy) is 1. The summed E-state index contributed by atoms with van der Waals surface area (Å²) in [5.74, 6) is 3.68. The van der Waals surface area contributed by atoms with Crippen LogP contribution in [0.5, 0.6) is 5.75 Å². The number of benzene rings is 3. The molecule has 0 saturated carbocycles. The van der Waals surface area contributed by atoms with Crippen molar-refractivity contribution in [1.82, 2.24) is 0 Å². The molecule has 3 aromatic carbocycles. The van der Waals surface area contributed by atoms with Gasteiger partial charge in [0.05, 0.1) is 0 Å². The van der Waals surface area contributed by atoms with Crippen molar-refractivity contribution < 1.29 is 30.9 Å². The van der Waals surface area contributed by atoms with Crippen molar-refractivity contribution in [1.29, 1.82) is 0 Å². The second kappa shape index (κ2) is 9.93. The van der Waals surface area contributed by atoms with E-state index in [1.807, 2.05) is 18.2 Å². The third-order valence-electron chi connectivity index (χ3n) is 4.69.